The predicted octanol–water partition coefficient (Wildman–Crippen LogP) is 1.51. The van der Waals surface area contributed by atoms with Crippen molar-refractivity contribution in [3.63, 3.8) is 0 Å². The molecule has 0 spiro atoms. The van der Waals surface area contributed by atoms with Crippen LogP contribution in [0, 0.1) is 5.82 Å². The van der Waals surface area contributed by atoms with E-state index in [1.54, 1.807) is 23.0 Å². The summed E-state index contributed by atoms with van der Waals surface area (Å²) in [4.78, 5) is 3.93. The zero-order chi connectivity index (χ0) is 11.8. The van der Waals surface area contributed by atoms with Crippen LogP contribution in [-0.2, 0) is 0 Å². The van der Waals surface area contributed by atoms with Gasteiger partial charge in [0, 0.05) is 23.6 Å². The highest BCUT2D eigenvalue weighted by atomic mass is 19.1. The number of nitrogens with zero attached hydrogens (tertiary/aromatic N) is 4. The largest absolute Gasteiger partial charge is 0.398 e. The van der Waals surface area contributed by atoms with Crippen LogP contribution in [0.1, 0.15) is 0 Å². The molecule has 0 saturated carbocycles. The molecule has 0 aliphatic carbocycles. The quantitative estimate of drug-likeness (QED) is 0.642. The molecule has 0 atom stereocenters. The van der Waals surface area contributed by atoms with E-state index < -0.39 is 0 Å². The van der Waals surface area contributed by atoms with Crippen LogP contribution in [-0.4, -0.2) is 19.6 Å². The molecule has 0 unspecified atom stereocenters. The first-order valence-corrected chi connectivity index (χ1v) is 4.96. The molecule has 3 rings (SSSR count). The van der Waals surface area contributed by atoms with E-state index in [1.807, 2.05) is 0 Å². The van der Waals surface area contributed by atoms with Crippen LogP contribution in [0.15, 0.2) is 36.8 Å². The number of fused-ring (bicyclic) bond motifs is 1. The Morgan fingerprint density at radius 3 is 3.00 bits per heavy atom. The third kappa shape index (κ3) is 1.50. The standard InChI is InChI=1S/C11H8FN5/c12-7-1-2-9(13)8(5-7)11-16-15-10-6-14-3-4-17(10)11/h1-6H,13H2. The molecule has 0 bridgehead atoms. The Hall–Kier alpha value is -2.50. The fourth-order valence-corrected chi connectivity index (χ4v) is 1.66. The minimum absolute atomic E-state index is 0.361. The third-order valence-corrected chi connectivity index (χ3v) is 2.47. The van der Waals surface area contributed by atoms with E-state index in [-0.39, 0.29) is 5.82 Å². The van der Waals surface area contributed by atoms with Gasteiger partial charge in [0.1, 0.15) is 5.82 Å². The Labute approximate surface area is 95.7 Å². The summed E-state index contributed by atoms with van der Waals surface area (Å²) in [5.41, 5.74) is 7.37. The lowest BCUT2D eigenvalue weighted by Gasteiger charge is -2.03. The van der Waals surface area contributed by atoms with Gasteiger partial charge in [0.05, 0.1) is 6.20 Å². The summed E-state index contributed by atoms with van der Waals surface area (Å²) in [5, 5.41) is 7.93. The fourth-order valence-electron chi connectivity index (χ4n) is 1.66. The van der Waals surface area contributed by atoms with Crippen molar-refractivity contribution < 1.29 is 4.39 Å². The number of benzene rings is 1. The Morgan fingerprint density at radius 2 is 2.12 bits per heavy atom. The van der Waals surface area contributed by atoms with Gasteiger partial charge in [-0.15, -0.1) is 10.2 Å². The van der Waals surface area contributed by atoms with Crippen LogP contribution < -0.4 is 5.73 Å². The highest BCUT2D eigenvalue weighted by Crippen LogP contribution is 2.25. The number of hydrogen-bond donors (Lipinski definition) is 1. The lowest BCUT2D eigenvalue weighted by Crippen LogP contribution is -1.95. The topological polar surface area (TPSA) is 69.1 Å². The number of nitrogens with two attached hydrogens (primary N) is 1. The Bertz CT molecular complexity index is 691. The smallest absolute Gasteiger partial charge is 0.179 e. The summed E-state index contributed by atoms with van der Waals surface area (Å²) in [7, 11) is 0. The fraction of sp³-hybridized carbons (Fsp3) is 0. The molecule has 0 aliphatic rings. The van der Waals surface area contributed by atoms with Crippen molar-refractivity contribution in [2.45, 2.75) is 0 Å². The first kappa shape index (κ1) is 9.71. The van der Waals surface area contributed by atoms with Crippen LogP contribution in [0.2, 0.25) is 0 Å². The molecule has 0 fully saturated rings. The van der Waals surface area contributed by atoms with Gasteiger partial charge in [-0.3, -0.25) is 9.38 Å². The van der Waals surface area contributed by atoms with Crippen LogP contribution >= 0.6 is 0 Å². The number of hydrogen-bond acceptors (Lipinski definition) is 4. The summed E-state index contributed by atoms with van der Waals surface area (Å²) in [6, 6.07) is 4.16. The van der Waals surface area contributed by atoms with Gasteiger partial charge in [-0.1, -0.05) is 0 Å². The normalized spacial score (nSPS) is 10.9. The molecule has 17 heavy (non-hydrogen) atoms. The Kier molecular flexibility index (Phi) is 2.01. The minimum Gasteiger partial charge on any atom is -0.398 e. The molecule has 3 aromatic rings. The molecule has 0 radical (unpaired) electrons. The van der Waals surface area contributed by atoms with Gasteiger partial charge in [0.15, 0.2) is 11.5 Å². The monoisotopic (exact) mass is 229 g/mol. The predicted molar refractivity (Wildman–Crippen MR) is 60.6 cm³/mol. The van der Waals surface area contributed by atoms with Gasteiger partial charge in [-0.2, -0.15) is 0 Å². The van der Waals surface area contributed by atoms with Crippen molar-refractivity contribution in [1.29, 1.82) is 0 Å². The van der Waals surface area contributed by atoms with E-state index in [4.69, 9.17) is 5.73 Å². The number of anilines is 1. The molecule has 0 saturated heterocycles. The van der Waals surface area contributed by atoms with Crippen molar-refractivity contribution in [2.24, 2.45) is 0 Å². The van der Waals surface area contributed by atoms with Crippen LogP contribution in [0.5, 0.6) is 0 Å². The zero-order valence-electron chi connectivity index (χ0n) is 8.71. The van der Waals surface area contributed by atoms with E-state index in [2.05, 4.69) is 15.2 Å². The van der Waals surface area contributed by atoms with Crippen LogP contribution in [0.4, 0.5) is 10.1 Å². The lowest BCUT2D eigenvalue weighted by molar-refractivity contribution is 0.628. The lowest BCUT2D eigenvalue weighted by atomic mass is 10.1. The first-order chi connectivity index (χ1) is 8.25. The maximum atomic E-state index is 13.2. The minimum atomic E-state index is -0.361. The van der Waals surface area contributed by atoms with Gasteiger partial charge < -0.3 is 5.73 Å². The molecule has 84 valence electrons. The average Bonchev–Trinajstić information content (AvgIpc) is 2.76. The third-order valence-electron chi connectivity index (χ3n) is 2.47. The van der Waals surface area contributed by atoms with Crippen molar-refractivity contribution in [2.75, 3.05) is 5.73 Å². The average molecular weight is 229 g/mol. The Morgan fingerprint density at radius 1 is 1.24 bits per heavy atom. The highest BCUT2D eigenvalue weighted by molar-refractivity contribution is 5.72. The van der Waals surface area contributed by atoms with Crippen molar-refractivity contribution in [1.82, 2.24) is 19.6 Å². The highest BCUT2D eigenvalue weighted by Gasteiger charge is 2.11. The maximum absolute atomic E-state index is 13.2. The van der Waals surface area contributed by atoms with E-state index in [0.29, 0.717) is 22.7 Å². The number of aromatic nitrogens is 4. The van der Waals surface area contributed by atoms with Crippen LogP contribution in [0.25, 0.3) is 17.0 Å². The molecule has 5 nitrogen and oxygen atoms in total. The second kappa shape index (κ2) is 3.51. The van der Waals surface area contributed by atoms with E-state index in [1.165, 1.54) is 18.2 Å². The first-order valence-electron chi connectivity index (χ1n) is 4.96. The molecular weight excluding hydrogens is 221 g/mol. The molecule has 2 aromatic heterocycles. The molecule has 0 aliphatic heterocycles. The van der Waals surface area contributed by atoms with E-state index in [0.717, 1.165) is 0 Å². The van der Waals surface area contributed by atoms with Crippen LogP contribution in [0.3, 0.4) is 0 Å². The van der Waals surface area contributed by atoms with Gasteiger partial charge >= 0.3 is 0 Å². The number of nitrogen functional groups attached to an aromatic ring is 1. The summed E-state index contributed by atoms with van der Waals surface area (Å²) >= 11 is 0. The molecule has 2 heterocycles. The summed E-state index contributed by atoms with van der Waals surface area (Å²) < 4.78 is 14.9. The van der Waals surface area contributed by atoms with Crippen molar-refractivity contribution in [3.8, 4) is 11.4 Å². The SMILES string of the molecule is Nc1ccc(F)cc1-c1nnc2cnccn12. The van der Waals surface area contributed by atoms with E-state index in [9.17, 15) is 4.39 Å². The second-order valence-electron chi connectivity index (χ2n) is 3.56. The summed E-state index contributed by atoms with van der Waals surface area (Å²) in [5.74, 6) is 0.138. The van der Waals surface area contributed by atoms with Gasteiger partial charge in [-0.05, 0) is 18.2 Å². The summed E-state index contributed by atoms with van der Waals surface area (Å²) in [6.45, 7) is 0. The second-order valence-corrected chi connectivity index (χ2v) is 3.56. The molecular formula is C11H8FN5. The molecule has 6 heteroatoms. The maximum Gasteiger partial charge on any atom is 0.179 e. The van der Waals surface area contributed by atoms with Gasteiger partial charge in [-0.25, -0.2) is 4.39 Å². The molecule has 1 aromatic carbocycles. The van der Waals surface area contributed by atoms with E-state index >= 15 is 0 Å². The van der Waals surface area contributed by atoms with Crippen molar-refractivity contribution in [3.05, 3.63) is 42.6 Å². The molecule has 2 N–H and O–H groups in total. The summed E-state index contributed by atoms with van der Waals surface area (Å²) in [6.07, 6.45) is 4.89. The number of halogens is 1. The van der Waals surface area contributed by atoms with Gasteiger partial charge in [0.25, 0.3) is 0 Å². The van der Waals surface area contributed by atoms with Crippen molar-refractivity contribution >= 4 is 11.3 Å². The Balaban J connectivity index is 2.31. The van der Waals surface area contributed by atoms with Gasteiger partial charge in [0.2, 0.25) is 0 Å². The zero-order valence-corrected chi connectivity index (χ0v) is 8.71. The molecule has 0 amide bonds. The number of rotatable bonds is 1.